The molecular weight excluding hydrogens is 953 g/mol. The lowest BCUT2D eigenvalue weighted by Gasteiger charge is -2.27. The van der Waals surface area contributed by atoms with Gasteiger partial charge >= 0.3 is 0 Å². The highest BCUT2D eigenvalue weighted by Crippen LogP contribution is 2.51. The molecule has 5 aromatic carbocycles. The summed E-state index contributed by atoms with van der Waals surface area (Å²) in [5, 5.41) is 17.1. The van der Waals surface area contributed by atoms with Gasteiger partial charge in [0.25, 0.3) is 0 Å². The van der Waals surface area contributed by atoms with Gasteiger partial charge in [0.05, 0.1) is 42.6 Å². The molecule has 0 saturated heterocycles. The lowest BCUT2D eigenvalue weighted by molar-refractivity contribution is -0.777. The van der Waals surface area contributed by atoms with Crippen LogP contribution in [0.1, 0.15) is 64.5 Å². The van der Waals surface area contributed by atoms with Crippen LogP contribution in [-0.2, 0) is 50.6 Å². The third kappa shape index (κ3) is 10.2. The minimum atomic E-state index is -4.72. The van der Waals surface area contributed by atoms with Crippen LogP contribution in [0.25, 0.3) is 21.5 Å². The van der Waals surface area contributed by atoms with E-state index in [4.69, 9.17) is 4.74 Å². The van der Waals surface area contributed by atoms with Gasteiger partial charge in [0.15, 0.2) is 5.71 Å². The van der Waals surface area contributed by atoms with Crippen molar-refractivity contribution in [3.8, 4) is 5.75 Å². The third-order valence-corrected chi connectivity index (χ3v) is 15.7. The first kappa shape index (κ1) is 49.2. The predicted molar refractivity (Wildman–Crippen MR) is 254 cm³/mol. The number of nitrogens with zero attached hydrogens (tertiary/aromatic N) is 2. The Hall–Kier alpha value is -5.19. The van der Waals surface area contributed by atoms with E-state index in [0.717, 1.165) is 67.9 Å². The molecule has 3 aliphatic rings. The molecule has 0 N–H and O–H groups in total. The third-order valence-electron chi connectivity index (χ3n) is 12.7. The fourth-order valence-electron chi connectivity index (χ4n) is 9.80. The van der Waals surface area contributed by atoms with E-state index in [1.54, 1.807) is 12.1 Å². The normalized spacial score (nSPS) is 18.3. The Bertz CT molecular complexity index is 3340. The fraction of sp³-hybridized carbons (Fsp3) is 0.286. The molecule has 8 rings (SSSR count). The molecule has 1 aliphatic carbocycles. The molecule has 2 heterocycles. The molecule has 19 heteroatoms. The molecule has 2 aliphatic heterocycles. The Kier molecular flexibility index (Phi) is 13.7. The van der Waals surface area contributed by atoms with Crippen LogP contribution in [-0.4, -0.2) is 73.8 Å². The van der Waals surface area contributed by atoms with Gasteiger partial charge in [0.1, 0.15) is 28.2 Å². The van der Waals surface area contributed by atoms with Crippen LogP contribution < -0.4 is 14.9 Å². The summed E-state index contributed by atoms with van der Waals surface area (Å²) in [4.78, 5) is 2.27. The van der Waals surface area contributed by atoms with Crippen LogP contribution in [0.3, 0.4) is 0 Å². The molecule has 0 saturated carbocycles. The van der Waals surface area contributed by atoms with E-state index in [9.17, 15) is 44.2 Å². The average molecular weight is 1000 g/mol. The van der Waals surface area contributed by atoms with Gasteiger partial charge in [-0.1, -0.05) is 56.3 Å². The second kappa shape index (κ2) is 19.0. The molecule has 0 bridgehead atoms. The van der Waals surface area contributed by atoms with Crippen LogP contribution in [0.5, 0.6) is 5.75 Å². The van der Waals surface area contributed by atoms with Crippen molar-refractivity contribution in [2.75, 3.05) is 29.5 Å². The van der Waals surface area contributed by atoms with Gasteiger partial charge in [-0.15, -0.1) is 0 Å². The number of ether oxygens (including phenoxy) is 1. The number of para-hydroxylation sites is 1. The molecule has 0 unspecified atom stereocenters. The summed E-state index contributed by atoms with van der Waals surface area (Å²) >= 11 is 0.787. The van der Waals surface area contributed by atoms with Crippen molar-refractivity contribution >= 4 is 81.0 Å². The van der Waals surface area contributed by atoms with Gasteiger partial charge in [-0.05, 0) is 132 Å². The number of hydrogen-bond acceptors (Lipinski definition) is 15. The molecule has 15 nitrogen and oxygen atoms in total. The van der Waals surface area contributed by atoms with Crippen LogP contribution >= 0.6 is 12.0 Å². The SMILES string of the molecule is CC1(C)C(=CC=C2CCC(C=CC3=[N+](CCCS(=O)(=O)[O-])c4ccc5cc(SOO[O-])ccc5c4C3(C)C)=C2Oc2ccccc2)N(CCCS(=O)(=O)[O-])c2ccc3cc(S(=O)(=O)[O-])ccc3c21. The van der Waals surface area contributed by atoms with Gasteiger partial charge in [0, 0.05) is 63.9 Å². The second-order valence-corrected chi connectivity index (χ2v) is 23.1. The van der Waals surface area contributed by atoms with Crippen molar-refractivity contribution < 1.29 is 62.9 Å². The monoisotopic (exact) mass is 999 g/mol. The first-order valence-corrected chi connectivity index (χ1v) is 27.0. The summed E-state index contributed by atoms with van der Waals surface area (Å²) < 4.78 is 120. The van der Waals surface area contributed by atoms with E-state index in [1.165, 1.54) is 12.1 Å². The van der Waals surface area contributed by atoms with Gasteiger partial charge in [0.2, 0.25) is 5.69 Å². The standard InChI is InChI=1S/C49H50N2O13S4/c1-48(2)43(50(26-8-28-66(53,54)55)41-22-14-34-30-37(65-64-63-52)18-20-39(34)45(41)48)24-16-32-12-13-33(47(32)62-36-10-6-5-7-11-36)17-25-44-49(3,4)46-40-21-19-38(68(59,60)61)31-35(40)15-23-42(46)51(44)27-9-29-67(56,57)58/h5-7,10-11,14-25,30-31H,8-9,12-13,26-29H2,1-4H3,(H3-,52,53,54,55,56,57,58,59,60,61)/p-3. The maximum Gasteiger partial charge on any atom is 0.210 e. The van der Waals surface area contributed by atoms with Crippen molar-refractivity contribution in [3.05, 3.63) is 149 Å². The minimum Gasteiger partial charge on any atom is -0.748 e. The Morgan fingerprint density at radius 2 is 1.41 bits per heavy atom. The van der Waals surface area contributed by atoms with E-state index in [2.05, 4.69) is 27.8 Å². The summed E-state index contributed by atoms with van der Waals surface area (Å²) in [5.41, 5.74) is 5.50. The largest absolute Gasteiger partial charge is 0.748 e. The fourth-order valence-corrected chi connectivity index (χ4v) is 11.7. The second-order valence-electron chi connectivity index (χ2n) is 17.9. The first-order valence-electron chi connectivity index (χ1n) is 21.7. The molecule has 68 heavy (non-hydrogen) atoms. The van der Waals surface area contributed by atoms with E-state index in [1.807, 2.05) is 110 Å². The highest BCUT2D eigenvalue weighted by molar-refractivity contribution is 7.94. The first-order chi connectivity index (χ1) is 32.1. The van der Waals surface area contributed by atoms with Gasteiger partial charge < -0.3 is 28.6 Å². The number of anilines is 1. The number of hydrogen-bond donors (Lipinski definition) is 0. The minimum absolute atomic E-state index is 0.0451. The molecule has 0 atom stereocenters. The van der Waals surface area contributed by atoms with Crippen LogP contribution in [0.15, 0.2) is 148 Å². The Labute approximate surface area is 400 Å². The zero-order chi connectivity index (χ0) is 48.8. The maximum atomic E-state index is 11.9. The number of rotatable bonds is 17. The quantitative estimate of drug-likeness (QED) is 0.0286. The van der Waals surface area contributed by atoms with Crippen LogP contribution in [0.4, 0.5) is 11.4 Å². The molecule has 0 fully saturated rings. The highest BCUT2D eigenvalue weighted by atomic mass is 32.2. The van der Waals surface area contributed by atoms with Crippen molar-refractivity contribution in [1.82, 2.24) is 0 Å². The van der Waals surface area contributed by atoms with E-state index in [-0.39, 0.29) is 30.8 Å². The lowest BCUT2D eigenvalue weighted by atomic mass is 9.79. The molecule has 5 aromatic rings. The Balaban J connectivity index is 1.22. The average Bonchev–Trinajstić information content (AvgIpc) is 3.83. The van der Waals surface area contributed by atoms with E-state index >= 15 is 0 Å². The zero-order valence-corrected chi connectivity index (χ0v) is 40.7. The molecule has 0 amide bonds. The summed E-state index contributed by atoms with van der Waals surface area (Å²) in [6.45, 7) is 8.63. The van der Waals surface area contributed by atoms with Crippen LogP contribution in [0.2, 0.25) is 0 Å². The number of fused-ring (bicyclic) bond motifs is 6. The van der Waals surface area contributed by atoms with Crippen molar-refractivity contribution in [1.29, 1.82) is 0 Å². The highest BCUT2D eigenvalue weighted by Gasteiger charge is 2.46. The van der Waals surface area contributed by atoms with Crippen LogP contribution in [0, 0.1) is 0 Å². The predicted octanol–water partition coefficient (Wildman–Crippen LogP) is 7.67. The van der Waals surface area contributed by atoms with Gasteiger partial charge in [-0.2, -0.15) is 8.91 Å². The summed E-state index contributed by atoms with van der Waals surface area (Å²) in [5.74, 6) is 0.124. The molecule has 358 valence electrons. The molecule has 0 spiro atoms. The summed E-state index contributed by atoms with van der Waals surface area (Å²) in [7, 11) is -13.7. The number of benzene rings is 5. The summed E-state index contributed by atoms with van der Waals surface area (Å²) in [6.07, 6.45) is 9.29. The van der Waals surface area contributed by atoms with Gasteiger partial charge in [-0.3, -0.25) is 5.04 Å². The topological polar surface area (TPSA) is 229 Å². The summed E-state index contributed by atoms with van der Waals surface area (Å²) in [6, 6.07) is 26.6. The Morgan fingerprint density at radius 1 is 0.735 bits per heavy atom. The van der Waals surface area contributed by atoms with Crippen molar-refractivity contribution in [2.24, 2.45) is 0 Å². The maximum absolute atomic E-state index is 11.9. The smallest absolute Gasteiger partial charge is 0.210 e. The van der Waals surface area contributed by atoms with E-state index in [0.29, 0.717) is 40.0 Å². The van der Waals surface area contributed by atoms with Gasteiger partial charge in [-0.25, -0.2) is 25.3 Å². The molecule has 0 aromatic heterocycles. The number of allylic oxidation sites excluding steroid dienone is 7. The molecule has 0 radical (unpaired) electrons. The van der Waals surface area contributed by atoms with Crippen molar-refractivity contribution in [2.45, 2.75) is 74.0 Å². The molecular formula is C49H47N2O13S4-3. The zero-order valence-electron chi connectivity index (χ0n) is 37.5. The Morgan fingerprint density at radius 3 is 2.12 bits per heavy atom. The lowest BCUT2D eigenvalue weighted by Crippen LogP contribution is -2.28. The van der Waals surface area contributed by atoms with E-state index < -0.39 is 52.7 Å². The van der Waals surface area contributed by atoms with Crippen molar-refractivity contribution in [3.63, 3.8) is 0 Å².